The number of hydrogen-bond acceptors (Lipinski definition) is 3. The first-order valence-corrected chi connectivity index (χ1v) is 9.39. The number of esters is 1. The summed E-state index contributed by atoms with van der Waals surface area (Å²) >= 11 is 7.40. The number of epoxide rings is 1. The first kappa shape index (κ1) is 18.4. The van der Waals surface area contributed by atoms with Gasteiger partial charge in [-0.25, -0.2) is 4.79 Å². The van der Waals surface area contributed by atoms with Gasteiger partial charge in [0.25, 0.3) is 0 Å². The quantitative estimate of drug-likeness (QED) is 0.215. The third kappa shape index (κ3) is 6.02. The number of methoxy groups -OCH3 is 1. The zero-order valence-electron chi connectivity index (χ0n) is 12.5. The minimum Gasteiger partial charge on any atom is -0.467 e. The minimum absolute atomic E-state index is 0.236. The van der Waals surface area contributed by atoms with E-state index in [0.29, 0.717) is 17.9 Å². The standard InChI is InChI=1S/C15H26Br2O3/c1-3-4-5-6-7-8-9-12(16)13(17)10-15(11-20-15)14(18)19-2/h12-13H,3-11H2,1-2H3. The highest BCUT2D eigenvalue weighted by Gasteiger charge is 2.54. The molecule has 5 heteroatoms. The van der Waals surface area contributed by atoms with Crippen molar-refractivity contribution in [2.24, 2.45) is 0 Å². The molecule has 0 aromatic carbocycles. The first-order valence-electron chi connectivity index (χ1n) is 7.56. The van der Waals surface area contributed by atoms with Crippen molar-refractivity contribution in [3.05, 3.63) is 0 Å². The molecule has 3 nitrogen and oxygen atoms in total. The van der Waals surface area contributed by atoms with Gasteiger partial charge in [0, 0.05) is 16.1 Å². The van der Waals surface area contributed by atoms with Crippen molar-refractivity contribution in [1.29, 1.82) is 0 Å². The number of unbranched alkanes of at least 4 members (excludes halogenated alkanes) is 5. The van der Waals surface area contributed by atoms with Gasteiger partial charge in [-0.1, -0.05) is 77.3 Å². The van der Waals surface area contributed by atoms with Gasteiger partial charge in [-0.2, -0.15) is 0 Å². The number of hydrogen-bond donors (Lipinski definition) is 0. The van der Waals surface area contributed by atoms with E-state index in [2.05, 4.69) is 38.8 Å². The van der Waals surface area contributed by atoms with Crippen molar-refractivity contribution in [3.63, 3.8) is 0 Å². The second kappa shape index (κ2) is 9.42. The molecular formula is C15H26Br2O3. The maximum absolute atomic E-state index is 11.6. The average Bonchev–Trinajstić information content (AvgIpc) is 3.22. The van der Waals surface area contributed by atoms with Gasteiger partial charge in [0.1, 0.15) is 0 Å². The number of carbonyl (C=O) groups is 1. The Morgan fingerprint density at radius 2 is 1.80 bits per heavy atom. The Kier molecular flexibility index (Phi) is 8.68. The summed E-state index contributed by atoms with van der Waals surface area (Å²) in [4.78, 5) is 12.2. The van der Waals surface area contributed by atoms with E-state index in [1.54, 1.807) is 0 Å². The summed E-state index contributed by atoms with van der Waals surface area (Å²) in [6.45, 7) is 2.72. The maximum atomic E-state index is 11.6. The topological polar surface area (TPSA) is 38.8 Å². The van der Waals surface area contributed by atoms with Gasteiger partial charge in [-0.05, 0) is 6.42 Å². The van der Waals surface area contributed by atoms with Gasteiger partial charge in [0.2, 0.25) is 0 Å². The fourth-order valence-electron chi connectivity index (χ4n) is 2.34. The molecule has 1 saturated heterocycles. The van der Waals surface area contributed by atoms with Crippen molar-refractivity contribution in [2.45, 2.75) is 73.5 Å². The van der Waals surface area contributed by atoms with Crippen LogP contribution in [0.2, 0.25) is 0 Å². The Hall–Kier alpha value is 0.390. The third-order valence-electron chi connectivity index (χ3n) is 3.80. The van der Waals surface area contributed by atoms with Crippen LogP contribution in [0.3, 0.4) is 0 Å². The summed E-state index contributed by atoms with van der Waals surface area (Å²) in [6, 6.07) is 0. The van der Waals surface area contributed by atoms with Crippen LogP contribution in [0, 0.1) is 0 Å². The summed E-state index contributed by atoms with van der Waals surface area (Å²) < 4.78 is 10.1. The van der Waals surface area contributed by atoms with Crippen LogP contribution in [0.1, 0.15) is 58.3 Å². The van der Waals surface area contributed by atoms with Crippen LogP contribution in [0.4, 0.5) is 0 Å². The molecule has 1 aliphatic rings. The Morgan fingerprint density at radius 1 is 1.20 bits per heavy atom. The van der Waals surface area contributed by atoms with E-state index >= 15 is 0 Å². The van der Waals surface area contributed by atoms with Crippen molar-refractivity contribution in [1.82, 2.24) is 0 Å². The number of rotatable bonds is 11. The summed E-state index contributed by atoms with van der Waals surface area (Å²) in [5.74, 6) is -0.249. The van der Waals surface area contributed by atoms with Crippen molar-refractivity contribution in [2.75, 3.05) is 13.7 Å². The normalized spacial score (nSPS) is 24.2. The molecule has 0 spiro atoms. The van der Waals surface area contributed by atoms with Crippen molar-refractivity contribution < 1.29 is 14.3 Å². The molecular weight excluding hydrogens is 388 g/mol. The molecule has 1 heterocycles. The van der Waals surface area contributed by atoms with Crippen molar-refractivity contribution >= 4 is 37.8 Å². The monoisotopic (exact) mass is 412 g/mol. The summed E-state index contributed by atoms with van der Waals surface area (Å²) in [7, 11) is 1.41. The second-order valence-corrected chi connectivity index (χ2v) is 7.92. The number of carbonyl (C=O) groups excluding carboxylic acids is 1. The lowest BCUT2D eigenvalue weighted by Crippen LogP contribution is -2.32. The van der Waals surface area contributed by atoms with Gasteiger partial charge < -0.3 is 9.47 Å². The molecule has 0 amide bonds. The van der Waals surface area contributed by atoms with Crippen LogP contribution >= 0.6 is 31.9 Å². The lowest BCUT2D eigenvalue weighted by molar-refractivity contribution is -0.147. The molecule has 0 N–H and O–H groups in total. The zero-order valence-corrected chi connectivity index (χ0v) is 15.7. The number of alkyl halides is 2. The zero-order chi connectivity index (χ0) is 15.0. The van der Waals surface area contributed by atoms with Crippen molar-refractivity contribution in [3.8, 4) is 0 Å². The Bertz CT molecular complexity index is 293. The van der Waals surface area contributed by atoms with E-state index in [1.807, 2.05) is 0 Å². The molecule has 0 aromatic heterocycles. The van der Waals surface area contributed by atoms with Crippen LogP contribution in [-0.2, 0) is 14.3 Å². The SMILES string of the molecule is CCCCCCCCC(Br)C(Br)CC1(C(=O)OC)CO1. The summed E-state index contributed by atoms with van der Waals surface area (Å²) in [5.41, 5.74) is -0.684. The predicted molar refractivity (Wildman–Crippen MR) is 88.7 cm³/mol. The highest BCUT2D eigenvalue weighted by molar-refractivity contribution is 9.12. The fraction of sp³-hybridized carbons (Fsp3) is 0.933. The van der Waals surface area contributed by atoms with Crippen LogP contribution in [0.15, 0.2) is 0 Å². The molecule has 0 aromatic rings. The molecule has 0 bridgehead atoms. The number of halogens is 2. The van der Waals surface area contributed by atoms with Crippen LogP contribution in [0.5, 0.6) is 0 Å². The van der Waals surface area contributed by atoms with Gasteiger partial charge in [-0.3, -0.25) is 0 Å². The highest BCUT2D eigenvalue weighted by atomic mass is 79.9. The maximum Gasteiger partial charge on any atom is 0.340 e. The average molecular weight is 414 g/mol. The van der Waals surface area contributed by atoms with Crippen LogP contribution in [-0.4, -0.2) is 34.9 Å². The Labute approximate surface area is 139 Å². The van der Waals surface area contributed by atoms with E-state index in [0.717, 1.165) is 6.42 Å². The third-order valence-corrected chi connectivity index (χ3v) is 6.57. The number of ether oxygens (including phenoxy) is 2. The lowest BCUT2D eigenvalue weighted by Gasteiger charge is -2.19. The largest absolute Gasteiger partial charge is 0.467 e. The summed E-state index contributed by atoms with van der Waals surface area (Å²) in [6.07, 6.45) is 9.63. The molecule has 0 aliphatic carbocycles. The molecule has 1 rings (SSSR count). The smallest absolute Gasteiger partial charge is 0.340 e. The predicted octanol–water partition coefficient (Wildman–Crippen LogP) is 4.60. The Balaban J connectivity index is 2.16. The van der Waals surface area contributed by atoms with E-state index in [-0.39, 0.29) is 10.8 Å². The molecule has 20 heavy (non-hydrogen) atoms. The second-order valence-electron chi connectivity index (χ2n) is 5.57. The molecule has 118 valence electrons. The Morgan fingerprint density at radius 3 is 2.35 bits per heavy atom. The van der Waals surface area contributed by atoms with Gasteiger partial charge >= 0.3 is 5.97 Å². The molecule has 3 unspecified atom stereocenters. The van der Waals surface area contributed by atoms with Gasteiger partial charge in [0.05, 0.1) is 13.7 Å². The van der Waals surface area contributed by atoms with Gasteiger partial charge in [-0.15, -0.1) is 0 Å². The molecule has 1 fully saturated rings. The van der Waals surface area contributed by atoms with E-state index in [9.17, 15) is 4.79 Å². The van der Waals surface area contributed by atoms with E-state index in [4.69, 9.17) is 9.47 Å². The highest BCUT2D eigenvalue weighted by Crippen LogP contribution is 2.38. The van der Waals surface area contributed by atoms with E-state index in [1.165, 1.54) is 45.6 Å². The lowest BCUT2D eigenvalue weighted by atomic mass is 10.0. The fourth-order valence-corrected chi connectivity index (χ4v) is 3.63. The molecule has 3 atom stereocenters. The van der Waals surface area contributed by atoms with Crippen LogP contribution in [0.25, 0.3) is 0 Å². The molecule has 0 radical (unpaired) electrons. The minimum atomic E-state index is -0.684. The first-order chi connectivity index (χ1) is 9.55. The molecule has 1 aliphatic heterocycles. The van der Waals surface area contributed by atoms with Gasteiger partial charge in [0.15, 0.2) is 5.60 Å². The summed E-state index contributed by atoms with van der Waals surface area (Å²) in [5, 5.41) is 0. The molecule has 0 saturated carbocycles. The van der Waals surface area contributed by atoms with Crippen LogP contribution < -0.4 is 0 Å². The van der Waals surface area contributed by atoms with E-state index < -0.39 is 5.60 Å².